The fourth-order valence-electron chi connectivity index (χ4n) is 3.19. The van der Waals surface area contributed by atoms with Crippen LogP contribution in [0.15, 0.2) is 0 Å². The van der Waals surface area contributed by atoms with Gasteiger partial charge in [0.1, 0.15) is 10.6 Å². The standard InChI is InChI=1S/C17H26N2O4S/c1-11-13(19-15(20)23-16(2,3)4)24-14(18-11)12-5-7-17(8-6-12)21-9-10-22-17/h12H,5-10H2,1-4H3,(H,19,20). The van der Waals surface area contributed by atoms with Gasteiger partial charge < -0.3 is 14.2 Å². The Kier molecular flexibility index (Phi) is 4.86. The zero-order valence-electron chi connectivity index (χ0n) is 14.8. The van der Waals surface area contributed by atoms with E-state index in [1.54, 1.807) is 11.3 Å². The van der Waals surface area contributed by atoms with Crippen molar-refractivity contribution in [1.82, 2.24) is 4.98 Å². The molecule has 1 spiro atoms. The lowest BCUT2D eigenvalue weighted by Gasteiger charge is -2.34. The molecule has 0 aromatic carbocycles. The number of ether oxygens (including phenoxy) is 3. The monoisotopic (exact) mass is 354 g/mol. The molecule has 1 aliphatic carbocycles. The number of hydrogen-bond acceptors (Lipinski definition) is 6. The number of anilines is 1. The number of carbonyl (C=O) groups excluding carboxylic acids is 1. The summed E-state index contributed by atoms with van der Waals surface area (Å²) in [6, 6.07) is 0. The summed E-state index contributed by atoms with van der Waals surface area (Å²) in [6.45, 7) is 8.86. The lowest BCUT2D eigenvalue weighted by atomic mass is 9.85. The third kappa shape index (κ3) is 4.07. The van der Waals surface area contributed by atoms with Crippen molar-refractivity contribution in [1.29, 1.82) is 0 Å². The number of rotatable bonds is 2. The molecule has 2 fully saturated rings. The van der Waals surface area contributed by atoms with E-state index >= 15 is 0 Å². The van der Waals surface area contributed by atoms with Crippen molar-refractivity contribution < 1.29 is 19.0 Å². The van der Waals surface area contributed by atoms with Gasteiger partial charge in [0.05, 0.1) is 23.9 Å². The Labute approximate surface area is 146 Å². The second kappa shape index (κ2) is 6.61. The van der Waals surface area contributed by atoms with Crippen LogP contribution >= 0.6 is 11.3 Å². The number of nitrogens with zero attached hydrogens (tertiary/aromatic N) is 1. The van der Waals surface area contributed by atoms with Crippen LogP contribution in [0.4, 0.5) is 9.80 Å². The van der Waals surface area contributed by atoms with Crippen molar-refractivity contribution in [2.24, 2.45) is 0 Å². The Morgan fingerprint density at radius 1 is 1.29 bits per heavy atom. The Bertz CT molecular complexity index is 592. The second-order valence-corrected chi connectivity index (χ2v) is 8.51. The van der Waals surface area contributed by atoms with Gasteiger partial charge in [0.2, 0.25) is 0 Å². The van der Waals surface area contributed by atoms with Crippen LogP contribution in [0.3, 0.4) is 0 Å². The van der Waals surface area contributed by atoms with Gasteiger partial charge in [-0.3, -0.25) is 5.32 Å². The summed E-state index contributed by atoms with van der Waals surface area (Å²) in [6.07, 6.45) is 3.38. The van der Waals surface area contributed by atoms with Gasteiger partial charge in [0.25, 0.3) is 0 Å². The molecule has 0 atom stereocenters. The number of nitrogens with one attached hydrogen (secondary N) is 1. The molecule has 1 aromatic heterocycles. The molecule has 0 radical (unpaired) electrons. The average molecular weight is 354 g/mol. The molecular formula is C17H26N2O4S. The SMILES string of the molecule is Cc1nc(C2CCC3(CC2)OCCO3)sc1NC(=O)OC(C)(C)C. The number of aromatic nitrogens is 1. The first-order valence-corrected chi connectivity index (χ1v) is 9.33. The van der Waals surface area contributed by atoms with Crippen LogP contribution in [0.1, 0.15) is 63.1 Å². The summed E-state index contributed by atoms with van der Waals surface area (Å²) in [4.78, 5) is 16.6. The van der Waals surface area contributed by atoms with Gasteiger partial charge in [-0.2, -0.15) is 0 Å². The highest BCUT2D eigenvalue weighted by molar-refractivity contribution is 7.16. The van der Waals surface area contributed by atoms with Gasteiger partial charge >= 0.3 is 6.09 Å². The molecule has 2 aliphatic rings. The first-order valence-electron chi connectivity index (χ1n) is 8.52. The Balaban J connectivity index is 1.61. The topological polar surface area (TPSA) is 69.7 Å². The molecule has 1 saturated carbocycles. The fourth-order valence-corrected chi connectivity index (χ4v) is 4.32. The highest BCUT2D eigenvalue weighted by Gasteiger charge is 2.41. The minimum atomic E-state index is -0.509. The van der Waals surface area contributed by atoms with E-state index in [4.69, 9.17) is 14.2 Å². The molecule has 0 unspecified atom stereocenters. The van der Waals surface area contributed by atoms with Crippen molar-refractivity contribution >= 4 is 22.4 Å². The van der Waals surface area contributed by atoms with Gasteiger partial charge in [-0.15, -0.1) is 11.3 Å². The normalized spacial score (nSPS) is 21.2. The van der Waals surface area contributed by atoms with Crippen LogP contribution in [-0.2, 0) is 14.2 Å². The van der Waals surface area contributed by atoms with Gasteiger partial charge in [-0.05, 0) is 40.5 Å². The van der Waals surface area contributed by atoms with Crippen molar-refractivity contribution in [2.75, 3.05) is 18.5 Å². The molecule has 1 N–H and O–H groups in total. The number of amides is 1. The van der Waals surface area contributed by atoms with E-state index in [0.29, 0.717) is 19.1 Å². The van der Waals surface area contributed by atoms with Gasteiger partial charge in [-0.1, -0.05) is 0 Å². The van der Waals surface area contributed by atoms with E-state index in [1.165, 1.54) is 0 Å². The Hall–Kier alpha value is -1.18. The van der Waals surface area contributed by atoms with Gasteiger partial charge in [-0.25, -0.2) is 9.78 Å². The summed E-state index contributed by atoms with van der Waals surface area (Å²) >= 11 is 1.55. The largest absolute Gasteiger partial charge is 0.444 e. The summed E-state index contributed by atoms with van der Waals surface area (Å²) < 4.78 is 16.9. The first kappa shape index (κ1) is 17.6. The quantitative estimate of drug-likeness (QED) is 0.862. The fraction of sp³-hybridized carbons (Fsp3) is 0.765. The van der Waals surface area contributed by atoms with Gasteiger partial charge in [0.15, 0.2) is 5.79 Å². The molecule has 1 amide bonds. The number of thiazole rings is 1. The molecule has 3 rings (SSSR count). The maximum absolute atomic E-state index is 11.9. The third-order valence-electron chi connectivity index (χ3n) is 4.34. The molecule has 134 valence electrons. The van der Waals surface area contributed by atoms with E-state index in [1.807, 2.05) is 27.7 Å². The van der Waals surface area contributed by atoms with Crippen LogP contribution in [0, 0.1) is 6.92 Å². The molecule has 1 aliphatic heterocycles. The molecule has 0 bridgehead atoms. The Morgan fingerprint density at radius 3 is 2.50 bits per heavy atom. The van der Waals surface area contributed by atoms with Crippen molar-refractivity contribution in [3.63, 3.8) is 0 Å². The second-order valence-electron chi connectivity index (χ2n) is 7.48. The summed E-state index contributed by atoms with van der Waals surface area (Å²) in [7, 11) is 0. The van der Waals surface area contributed by atoms with E-state index in [9.17, 15) is 4.79 Å². The third-order valence-corrected chi connectivity index (χ3v) is 5.57. The van der Waals surface area contributed by atoms with E-state index in [2.05, 4.69) is 10.3 Å². The smallest absolute Gasteiger partial charge is 0.412 e. The van der Waals surface area contributed by atoms with E-state index < -0.39 is 11.7 Å². The van der Waals surface area contributed by atoms with E-state index in [-0.39, 0.29) is 5.79 Å². The maximum Gasteiger partial charge on any atom is 0.412 e. The predicted octanol–water partition coefficient (Wildman–Crippen LogP) is 4.20. The van der Waals surface area contributed by atoms with Crippen LogP contribution in [0.25, 0.3) is 0 Å². The van der Waals surface area contributed by atoms with Gasteiger partial charge in [0, 0.05) is 18.8 Å². The lowest BCUT2D eigenvalue weighted by molar-refractivity contribution is -0.178. The first-order chi connectivity index (χ1) is 11.3. The minimum absolute atomic E-state index is 0.347. The number of carbonyl (C=O) groups is 1. The average Bonchev–Trinajstić information content (AvgIpc) is 3.06. The summed E-state index contributed by atoms with van der Waals surface area (Å²) in [5.74, 6) is 0.0572. The maximum atomic E-state index is 11.9. The molecular weight excluding hydrogens is 328 g/mol. The van der Waals surface area contributed by atoms with Crippen LogP contribution < -0.4 is 5.32 Å². The van der Waals surface area contributed by atoms with Crippen molar-refractivity contribution in [3.05, 3.63) is 10.7 Å². The van der Waals surface area contributed by atoms with E-state index in [0.717, 1.165) is 41.4 Å². The molecule has 24 heavy (non-hydrogen) atoms. The van der Waals surface area contributed by atoms with Crippen molar-refractivity contribution in [2.45, 2.75) is 70.7 Å². The zero-order chi connectivity index (χ0) is 17.4. The number of hydrogen-bond donors (Lipinski definition) is 1. The highest BCUT2D eigenvalue weighted by atomic mass is 32.1. The summed E-state index contributed by atoms with van der Waals surface area (Å²) in [5.41, 5.74) is 0.333. The van der Waals surface area contributed by atoms with Crippen molar-refractivity contribution in [3.8, 4) is 0 Å². The van der Waals surface area contributed by atoms with Crippen LogP contribution in [0.5, 0.6) is 0 Å². The number of aryl methyl sites for hydroxylation is 1. The predicted molar refractivity (Wildman–Crippen MR) is 92.6 cm³/mol. The lowest BCUT2D eigenvalue weighted by Crippen LogP contribution is -2.34. The zero-order valence-corrected chi connectivity index (χ0v) is 15.6. The van der Waals surface area contributed by atoms with Crippen LogP contribution in [0.2, 0.25) is 0 Å². The highest BCUT2D eigenvalue weighted by Crippen LogP contribution is 2.44. The molecule has 6 nitrogen and oxygen atoms in total. The Morgan fingerprint density at radius 2 is 1.92 bits per heavy atom. The summed E-state index contributed by atoms with van der Waals surface area (Å²) in [5, 5.41) is 4.67. The molecule has 7 heteroatoms. The molecule has 2 heterocycles. The molecule has 1 aromatic rings. The molecule has 1 saturated heterocycles. The minimum Gasteiger partial charge on any atom is -0.444 e. The van der Waals surface area contributed by atoms with Crippen LogP contribution in [-0.4, -0.2) is 35.7 Å².